The van der Waals surface area contributed by atoms with Crippen LogP contribution in [-0.2, 0) is 6.42 Å². The Kier molecular flexibility index (Phi) is 12.2. The van der Waals surface area contributed by atoms with Crippen molar-refractivity contribution in [3.8, 4) is 11.5 Å². The number of esters is 1. The molecule has 0 bridgehead atoms. The Balaban J connectivity index is 1.79. The molecule has 0 aromatic heterocycles. The molecule has 31 heavy (non-hydrogen) atoms. The minimum Gasteiger partial charge on any atom is -0.489 e. The van der Waals surface area contributed by atoms with Crippen molar-refractivity contribution >= 4 is 5.97 Å². The van der Waals surface area contributed by atoms with Crippen molar-refractivity contribution in [2.75, 3.05) is 6.61 Å². The van der Waals surface area contributed by atoms with Crippen LogP contribution in [0.3, 0.4) is 0 Å². The molecule has 0 heterocycles. The SMILES string of the molecule is C=CCOc1ccccc1C(=O)Oc1ccccc1CCCCCCCCCCCC. The number of benzene rings is 2. The minimum absolute atomic E-state index is 0.347. The first-order valence-electron chi connectivity index (χ1n) is 11.9. The fourth-order valence-corrected chi connectivity index (χ4v) is 3.68. The molecule has 0 aliphatic heterocycles. The van der Waals surface area contributed by atoms with Gasteiger partial charge in [-0.25, -0.2) is 4.79 Å². The summed E-state index contributed by atoms with van der Waals surface area (Å²) in [6.45, 7) is 6.26. The molecule has 0 aliphatic carbocycles. The Hall–Kier alpha value is -2.55. The number of rotatable bonds is 16. The van der Waals surface area contributed by atoms with Gasteiger partial charge in [-0.15, -0.1) is 0 Å². The molecule has 168 valence electrons. The lowest BCUT2D eigenvalue weighted by Crippen LogP contribution is -2.12. The van der Waals surface area contributed by atoms with Gasteiger partial charge in [-0.1, -0.05) is 108 Å². The summed E-state index contributed by atoms with van der Waals surface area (Å²) in [6.07, 6.45) is 15.7. The van der Waals surface area contributed by atoms with Gasteiger partial charge in [0.05, 0.1) is 0 Å². The zero-order chi connectivity index (χ0) is 22.2. The van der Waals surface area contributed by atoms with Crippen molar-refractivity contribution in [3.05, 3.63) is 72.3 Å². The molecule has 0 fully saturated rings. The molecule has 2 rings (SSSR count). The van der Waals surface area contributed by atoms with E-state index < -0.39 is 5.97 Å². The van der Waals surface area contributed by atoms with Gasteiger partial charge in [0.1, 0.15) is 23.7 Å². The Morgan fingerprint density at radius 3 is 2.06 bits per heavy atom. The number of unbranched alkanes of at least 4 members (excludes halogenated alkanes) is 9. The van der Waals surface area contributed by atoms with Crippen molar-refractivity contribution in [1.82, 2.24) is 0 Å². The van der Waals surface area contributed by atoms with Gasteiger partial charge >= 0.3 is 5.97 Å². The predicted octanol–water partition coefficient (Wildman–Crippen LogP) is 7.93. The average molecular weight is 423 g/mol. The summed E-state index contributed by atoms with van der Waals surface area (Å²) >= 11 is 0. The monoisotopic (exact) mass is 422 g/mol. The van der Waals surface area contributed by atoms with Crippen molar-refractivity contribution in [3.63, 3.8) is 0 Å². The second-order valence-corrected chi connectivity index (χ2v) is 8.03. The minimum atomic E-state index is -0.393. The normalized spacial score (nSPS) is 10.6. The molecular formula is C28H38O3. The Morgan fingerprint density at radius 2 is 1.39 bits per heavy atom. The lowest BCUT2D eigenvalue weighted by Gasteiger charge is -2.12. The smallest absolute Gasteiger partial charge is 0.347 e. The van der Waals surface area contributed by atoms with Gasteiger partial charge in [0.25, 0.3) is 0 Å². The number of para-hydroxylation sites is 2. The maximum Gasteiger partial charge on any atom is 0.347 e. The standard InChI is InChI=1S/C28H38O3/c1-3-5-6-7-8-9-10-11-12-13-18-24-19-14-16-21-26(24)31-28(29)25-20-15-17-22-27(25)30-23-4-2/h4,14-17,19-22H,2-3,5-13,18,23H2,1H3. The largest absolute Gasteiger partial charge is 0.489 e. The van der Waals surface area contributed by atoms with Crippen LogP contribution < -0.4 is 9.47 Å². The molecule has 3 nitrogen and oxygen atoms in total. The Labute approximate surface area is 188 Å². The van der Waals surface area contributed by atoms with E-state index in [0.29, 0.717) is 23.7 Å². The molecule has 0 saturated heterocycles. The highest BCUT2D eigenvalue weighted by molar-refractivity contribution is 5.94. The van der Waals surface area contributed by atoms with Crippen LogP contribution in [0.25, 0.3) is 0 Å². The summed E-state index contributed by atoms with van der Waals surface area (Å²) in [5.74, 6) is 0.761. The first kappa shape index (κ1) is 24.7. The van der Waals surface area contributed by atoms with Crippen LogP contribution in [0.4, 0.5) is 0 Å². The third-order valence-electron chi connectivity index (χ3n) is 5.44. The highest BCUT2D eigenvalue weighted by atomic mass is 16.5. The molecule has 0 atom stereocenters. The predicted molar refractivity (Wildman–Crippen MR) is 129 cm³/mol. The summed E-state index contributed by atoms with van der Waals surface area (Å²) < 4.78 is 11.3. The molecule has 0 N–H and O–H groups in total. The topological polar surface area (TPSA) is 35.5 Å². The van der Waals surface area contributed by atoms with E-state index in [1.165, 1.54) is 57.8 Å². The van der Waals surface area contributed by atoms with Gasteiger partial charge in [-0.2, -0.15) is 0 Å². The zero-order valence-corrected chi connectivity index (χ0v) is 19.1. The number of ether oxygens (including phenoxy) is 2. The summed E-state index contributed by atoms with van der Waals surface area (Å²) in [7, 11) is 0. The molecule has 2 aromatic carbocycles. The summed E-state index contributed by atoms with van der Waals surface area (Å²) in [5, 5.41) is 0. The molecular weight excluding hydrogens is 384 g/mol. The quantitative estimate of drug-likeness (QED) is 0.119. The van der Waals surface area contributed by atoms with Gasteiger partial charge in [0.15, 0.2) is 0 Å². The summed E-state index contributed by atoms with van der Waals surface area (Å²) in [5.41, 5.74) is 1.51. The molecule has 0 amide bonds. The van der Waals surface area contributed by atoms with Crippen molar-refractivity contribution in [2.24, 2.45) is 0 Å². The van der Waals surface area contributed by atoms with E-state index in [9.17, 15) is 4.79 Å². The van der Waals surface area contributed by atoms with E-state index >= 15 is 0 Å². The van der Waals surface area contributed by atoms with Gasteiger partial charge < -0.3 is 9.47 Å². The lowest BCUT2D eigenvalue weighted by molar-refractivity contribution is 0.0729. The third-order valence-corrected chi connectivity index (χ3v) is 5.44. The van der Waals surface area contributed by atoms with E-state index in [1.807, 2.05) is 30.3 Å². The van der Waals surface area contributed by atoms with Crippen LogP contribution >= 0.6 is 0 Å². The highest BCUT2D eigenvalue weighted by Crippen LogP contribution is 2.25. The van der Waals surface area contributed by atoms with E-state index in [4.69, 9.17) is 9.47 Å². The molecule has 0 aliphatic rings. The molecule has 0 unspecified atom stereocenters. The fourth-order valence-electron chi connectivity index (χ4n) is 3.68. The zero-order valence-electron chi connectivity index (χ0n) is 19.1. The van der Waals surface area contributed by atoms with E-state index in [2.05, 4.69) is 19.6 Å². The van der Waals surface area contributed by atoms with Crippen LogP contribution in [0.5, 0.6) is 11.5 Å². The summed E-state index contributed by atoms with van der Waals surface area (Å²) in [4.78, 5) is 12.8. The van der Waals surface area contributed by atoms with Crippen molar-refractivity contribution < 1.29 is 14.3 Å². The van der Waals surface area contributed by atoms with E-state index in [0.717, 1.165) is 18.4 Å². The maximum absolute atomic E-state index is 12.8. The van der Waals surface area contributed by atoms with E-state index in [1.54, 1.807) is 18.2 Å². The molecule has 2 aromatic rings. The number of hydrogen-bond acceptors (Lipinski definition) is 3. The van der Waals surface area contributed by atoms with Gasteiger partial charge in [0, 0.05) is 0 Å². The number of hydrogen-bond donors (Lipinski definition) is 0. The summed E-state index contributed by atoms with van der Waals surface area (Å²) in [6, 6.07) is 15.0. The molecule has 0 saturated carbocycles. The van der Waals surface area contributed by atoms with Crippen molar-refractivity contribution in [2.45, 2.75) is 77.6 Å². The van der Waals surface area contributed by atoms with Gasteiger partial charge in [0.2, 0.25) is 0 Å². The number of carbonyl (C=O) groups is 1. The second kappa shape index (κ2) is 15.3. The highest BCUT2D eigenvalue weighted by Gasteiger charge is 2.16. The Morgan fingerprint density at radius 1 is 0.806 bits per heavy atom. The third kappa shape index (κ3) is 9.42. The van der Waals surface area contributed by atoms with Crippen LogP contribution in [0, 0.1) is 0 Å². The number of aryl methyl sites for hydroxylation is 1. The fraction of sp³-hybridized carbons (Fsp3) is 0.464. The maximum atomic E-state index is 12.8. The van der Waals surface area contributed by atoms with E-state index in [-0.39, 0.29) is 0 Å². The average Bonchev–Trinajstić information content (AvgIpc) is 2.80. The first-order chi connectivity index (χ1) is 15.3. The van der Waals surface area contributed by atoms with Crippen molar-refractivity contribution in [1.29, 1.82) is 0 Å². The molecule has 3 heteroatoms. The Bertz CT molecular complexity index is 781. The molecule has 0 spiro atoms. The van der Waals surface area contributed by atoms with Crippen LogP contribution in [0.15, 0.2) is 61.2 Å². The lowest BCUT2D eigenvalue weighted by atomic mass is 10.0. The molecule has 0 radical (unpaired) electrons. The van der Waals surface area contributed by atoms with Crippen LogP contribution in [0.2, 0.25) is 0 Å². The van der Waals surface area contributed by atoms with Crippen LogP contribution in [-0.4, -0.2) is 12.6 Å². The van der Waals surface area contributed by atoms with Crippen LogP contribution in [0.1, 0.15) is 87.1 Å². The van der Waals surface area contributed by atoms with Gasteiger partial charge in [-0.05, 0) is 36.6 Å². The van der Waals surface area contributed by atoms with Gasteiger partial charge in [-0.3, -0.25) is 0 Å². The number of carbonyl (C=O) groups excluding carboxylic acids is 1. The second-order valence-electron chi connectivity index (χ2n) is 8.03. The first-order valence-corrected chi connectivity index (χ1v) is 11.9.